The Morgan fingerprint density at radius 1 is 1.45 bits per heavy atom. The first-order chi connectivity index (χ1) is 5.40. The molecule has 1 heterocycles. The summed E-state index contributed by atoms with van der Waals surface area (Å²) in [5.41, 5.74) is 0. The third-order valence-corrected chi connectivity index (χ3v) is 3.07. The van der Waals surface area contributed by atoms with Crippen LogP contribution in [0.4, 0.5) is 0 Å². The van der Waals surface area contributed by atoms with Crippen molar-refractivity contribution in [2.75, 3.05) is 13.1 Å². The first kappa shape index (κ1) is 7.18. The minimum Gasteiger partial charge on any atom is -0.299 e. The SMILES string of the molecule is C#CCCN1CC2CCC1C2. The van der Waals surface area contributed by atoms with Crippen molar-refractivity contribution in [1.82, 2.24) is 4.90 Å². The third-order valence-electron chi connectivity index (χ3n) is 3.07. The zero-order valence-electron chi connectivity index (χ0n) is 6.92. The molecule has 1 nitrogen and oxygen atoms in total. The van der Waals surface area contributed by atoms with Crippen molar-refractivity contribution in [2.24, 2.45) is 5.92 Å². The van der Waals surface area contributed by atoms with Crippen LogP contribution >= 0.6 is 0 Å². The second kappa shape index (κ2) is 2.87. The first-order valence-corrected chi connectivity index (χ1v) is 4.57. The summed E-state index contributed by atoms with van der Waals surface area (Å²) in [6.45, 7) is 2.46. The van der Waals surface area contributed by atoms with E-state index < -0.39 is 0 Å². The molecule has 2 unspecified atom stereocenters. The molecule has 11 heavy (non-hydrogen) atoms. The van der Waals surface area contributed by atoms with E-state index in [2.05, 4.69) is 10.8 Å². The normalized spacial score (nSPS) is 35.9. The highest BCUT2D eigenvalue weighted by molar-refractivity contribution is 4.94. The monoisotopic (exact) mass is 149 g/mol. The molecule has 0 N–H and O–H groups in total. The van der Waals surface area contributed by atoms with Gasteiger partial charge in [-0.2, -0.15) is 0 Å². The Kier molecular flexibility index (Phi) is 1.87. The van der Waals surface area contributed by atoms with E-state index in [9.17, 15) is 0 Å². The summed E-state index contributed by atoms with van der Waals surface area (Å²) in [5, 5.41) is 0. The van der Waals surface area contributed by atoms with Crippen LogP contribution in [-0.4, -0.2) is 24.0 Å². The Balaban J connectivity index is 1.84. The Morgan fingerprint density at radius 2 is 2.36 bits per heavy atom. The maximum absolute atomic E-state index is 5.23. The topological polar surface area (TPSA) is 3.24 Å². The van der Waals surface area contributed by atoms with Crippen LogP contribution in [0.5, 0.6) is 0 Å². The van der Waals surface area contributed by atoms with Gasteiger partial charge in [-0.1, -0.05) is 0 Å². The Bertz CT molecular complexity index is 180. The number of hydrogen-bond acceptors (Lipinski definition) is 1. The lowest BCUT2D eigenvalue weighted by Crippen LogP contribution is -2.32. The van der Waals surface area contributed by atoms with Gasteiger partial charge in [-0.25, -0.2) is 0 Å². The Hall–Kier alpha value is -0.480. The van der Waals surface area contributed by atoms with Crippen molar-refractivity contribution in [2.45, 2.75) is 31.7 Å². The van der Waals surface area contributed by atoms with Crippen molar-refractivity contribution >= 4 is 0 Å². The van der Waals surface area contributed by atoms with Gasteiger partial charge in [-0.15, -0.1) is 12.3 Å². The zero-order valence-corrected chi connectivity index (χ0v) is 6.92. The van der Waals surface area contributed by atoms with Gasteiger partial charge in [0, 0.05) is 25.6 Å². The lowest BCUT2D eigenvalue weighted by molar-refractivity contribution is 0.218. The fourth-order valence-electron chi connectivity index (χ4n) is 2.51. The summed E-state index contributed by atoms with van der Waals surface area (Å²) in [6.07, 6.45) is 10.5. The number of nitrogens with zero attached hydrogens (tertiary/aromatic N) is 1. The van der Waals surface area contributed by atoms with E-state index in [1.165, 1.54) is 25.8 Å². The van der Waals surface area contributed by atoms with Crippen LogP contribution in [0.25, 0.3) is 0 Å². The van der Waals surface area contributed by atoms with E-state index in [0.29, 0.717) is 0 Å². The summed E-state index contributed by atoms with van der Waals surface area (Å²) in [4.78, 5) is 2.58. The summed E-state index contributed by atoms with van der Waals surface area (Å²) in [7, 11) is 0. The molecule has 1 aliphatic carbocycles. The molecule has 0 aromatic heterocycles. The molecule has 2 atom stereocenters. The maximum Gasteiger partial charge on any atom is 0.0214 e. The van der Waals surface area contributed by atoms with Crippen molar-refractivity contribution in [3.05, 3.63) is 0 Å². The molecule has 1 saturated heterocycles. The van der Waals surface area contributed by atoms with Crippen LogP contribution in [0.15, 0.2) is 0 Å². The van der Waals surface area contributed by atoms with Gasteiger partial charge in [0.1, 0.15) is 0 Å². The molecule has 60 valence electrons. The van der Waals surface area contributed by atoms with E-state index in [4.69, 9.17) is 6.42 Å². The lowest BCUT2D eigenvalue weighted by atomic mass is 10.1. The highest BCUT2D eigenvalue weighted by atomic mass is 15.2. The van der Waals surface area contributed by atoms with Crippen molar-refractivity contribution in [1.29, 1.82) is 0 Å². The number of likely N-dealkylation sites (tertiary alicyclic amines) is 1. The molecule has 2 aliphatic rings. The van der Waals surface area contributed by atoms with Crippen LogP contribution in [0, 0.1) is 18.3 Å². The zero-order chi connectivity index (χ0) is 7.68. The number of rotatable bonds is 2. The van der Waals surface area contributed by atoms with E-state index >= 15 is 0 Å². The van der Waals surface area contributed by atoms with Gasteiger partial charge in [0.15, 0.2) is 0 Å². The highest BCUT2D eigenvalue weighted by Gasteiger charge is 2.36. The van der Waals surface area contributed by atoms with Gasteiger partial charge in [-0.3, -0.25) is 4.90 Å². The summed E-state index contributed by atoms with van der Waals surface area (Å²) >= 11 is 0. The van der Waals surface area contributed by atoms with E-state index in [1.54, 1.807) is 0 Å². The summed E-state index contributed by atoms with van der Waals surface area (Å²) in [6, 6.07) is 0.897. The van der Waals surface area contributed by atoms with Gasteiger partial charge in [0.25, 0.3) is 0 Å². The number of piperidine rings is 1. The second-order valence-electron chi connectivity index (χ2n) is 3.78. The molecule has 1 heteroatoms. The number of fused-ring (bicyclic) bond motifs is 2. The average Bonchev–Trinajstić information content (AvgIpc) is 2.60. The molecule has 1 aliphatic heterocycles. The Morgan fingerprint density at radius 3 is 2.91 bits per heavy atom. The molecule has 0 aromatic carbocycles. The van der Waals surface area contributed by atoms with Gasteiger partial charge in [0.2, 0.25) is 0 Å². The smallest absolute Gasteiger partial charge is 0.0214 e. The van der Waals surface area contributed by atoms with Crippen molar-refractivity contribution in [3.8, 4) is 12.3 Å². The van der Waals surface area contributed by atoms with Gasteiger partial charge in [-0.05, 0) is 25.2 Å². The van der Waals surface area contributed by atoms with Crippen molar-refractivity contribution in [3.63, 3.8) is 0 Å². The number of terminal acetylenes is 1. The molecular formula is C10H15N. The molecule has 0 spiro atoms. The Labute approximate surface area is 68.8 Å². The molecule has 0 radical (unpaired) electrons. The average molecular weight is 149 g/mol. The maximum atomic E-state index is 5.23. The first-order valence-electron chi connectivity index (χ1n) is 4.57. The van der Waals surface area contributed by atoms with Crippen molar-refractivity contribution < 1.29 is 0 Å². The fraction of sp³-hybridized carbons (Fsp3) is 0.800. The standard InChI is InChI=1S/C10H15N/c1-2-3-6-11-8-9-4-5-10(11)7-9/h1,9-10H,3-8H2. The van der Waals surface area contributed by atoms with Crippen LogP contribution in [0.3, 0.4) is 0 Å². The summed E-state index contributed by atoms with van der Waals surface area (Å²) in [5.74, 6) is 3.72. The van der Waals surface area contributed by atoms with E-state index in [-0.39, 0.29) is 0 Å². The van der Waals surface area contributed by atoms with Crippen LogP contribution in [0.1, 0.15) is 25.7 Å². The molecular weight excluding hydrogens is 134 g/mol. The fourth-order valence-corrected chi connectivity index (χ4v) is 2.51. The third kappa shape index (κ3) is 1.28. The van der Waals surface area contributed by atoms with E-state index in [0.717, 1.165) is 24.9 Å². The summed E-state index contributed by atoms with van der Waals surface area (Å²) < 4.78 is 0. The minimum atomic E-state index is 0.897. The lowest BCUT2D eigenvalue weighted by Gasteiger charge is -2.25. The molecule has 2 fully saturated rings. The molecule has 2 rings (SSSR count). The van der Waals surface area contributed by atoms with Crippen LogP contribution in [0.2, 0.25) is 0 Å². The minimum absolute atomic E-state index is 0.897. The predicted octanol–water partition coefficient (Wildman–Crippen LogP) is 1.49. The predicted molar refractivity (Wildman–Crippen MR) is 46.2 cm³/mol. The van der Waals surface area contributed by atoms with Gasteiger partial charge in [0.05, 0.1) is 0 Å². The quantitative estimate of drug-likeness (QED) is 0.538. The second-order valence-corrected chi connectivity index (χ2v) is 3.78. The van der Waals surface area contributed by atoms with Gasteiger partial charge < -0.3 is 0 Å². The van der Waals surface area contributed by atoms with Gasteiger partial charge >= 0.3 is 0 Å². The molecule has 2 bridgehead atoms. The van der Waals surface area contributed by atoms with E-state index in [1.807, 2.05) is 0 Å². The highest BCUT2D eigenvalue weighted by Crippen LogP contribution is 2.36. The molecule has 0 aromatic rings. The number of hydrogen-bond donors (Lipinski definition) is 0. The van der Waals surface area contributed by atoms with Crippen LogP contribution < -0.4 is 0 Å². The molecule has 1 saturated carbocycles. The van der Waals surface area contributed by atoms with Crippen LogP contribution in [-0.2, 0) is 0 Å². The molecule has 0 amide bonds. The largest absolute Gasteiger partial charge is 0.299 e.